The Hall–Kier alpha value is -1.71. The molecular weight excluding hydrogens is 311 g/mol. The molecule has 3 rings (SSSR count). The van der Waals surface area contributed by atoms with Gasteiger partial charge in [0, 0.05) is 22.0 Å². The number of hydrogen-bond acceptors (Lipinski definition) is 3. The van der Waals surface area contributed by atoms with Crippen LogP contribution in [0, 0.1) is 0 Å². The molecule has 21 heavy (non-hydrogen) atoms. The van der Waals surface area contributed by atoms with Crippen molar-refractivity contribution in [2.24, 2.45) is 0 Å². The average molecular weight is 323 g/mol. The number of rotatable bonds is 3. The molecule has 0 saturated heterocycles. The molecule has 0 radical (unpaired) electrons. The first kappa shape index (κ1) is 14.2. The lowest BCUT2D eigenvalue weighted by Crippen LogP contribution is -2.27. The van der Waals surface area contributed by atoms with E-state index >= 15 is 0 Å². The van der Waals surface area contributed by atoms with Crippen molar-refractivity contribution in [1.29, 1.82) is 0 Å². The highest BCUT2D eigenvalue weighted by molar-refractivity contribution is 6.31. The van der Waals surface area contributed by atoms with Crippen LogP contribution in [0.25, 0.3) is 0 Å². The molecule has 0 bridgehead atoms. The van der Waals surface area contributed by atoms with E-state index in [0.717, 1.165) is 11.1 Å². The maximum absolute atomic E-state index is 12.1. The number of ether oxygens (including phenoxy) is 2. The Balaban J connectivity index is 1.62. The monoisotopic (exact) mass is 322 g/mol. The summed E-state index contributed by atoms with van der Waals surface area (Å²) in [6.45, 7) is 0.134. The van der Waals surface area contributed by atoms with Gasteiger partial charge in [0.2, 0.25) is 0 Å². The molecule has 0 aliphatic carbocycles. The molecule has 3 nitrogen and oxygen atoms in total. The molecule has 1 aliphatic heterocycles. The van der Waals surface area contributed by atoms with E-state index in [4.69, 9.17) is 32.7 Å². The minimum atomic E-state index is -0.624. The summed E-state index contributed by atoms with van der Waals surface area (Å²) in [4.78, 5) is 12.1. The molecule has 1 aliphatic rings. The van der Waals surface area contributed by atoms with Crippen LogP contribution in [0.4, 0.5) is 0 Å². The summed E-state index contributed by atoms with van der Waals surface area (Å²) in [5.41, 5.74) is 1.69. The molecule has 0 aromatic heterocycles. The lowest BCUT2D eigenvalue weighted by atomic mass is 10.1. The second kappa shape index (κ2) is 5.96. The number of fused-ring (bicyclic) bond motifs is 1. The molecule has 0 saturated carbocycles. The van der Waals surface area contributed by atoms with Crippen molar-refractivity contribution >= 4 is 29.2 Å². The van der Waals surface area contributed by atoms with Gasteiger partial charge in [-0.15, -0.1) is 0 Å². The van der Waals surface area contributed by atoms with E-state index in [1.165, 1.54) is 0 Å². The molecule has 0 amide bonds. The van der Waals surface area contributed by atoms with Gasteiger partial charge >= 0.3 is 5.97 Å². The van der Waals surface area contributed by atoms with Crippen molar-refractivity contribution in [3.63, 3.8) is 0 Å². The third kappa shape index (κ3) is 3.14. The Kier molecular flexibility index (Phi) is 4.04. The summed E-state index contributed by atoms with van der Waals surface area (Å²) in [6, 6.07) is 12.6. The zero-order chi connectivity index (χ0) is 14.8. The fourth-order valence-electron chi connectivity index (χ4n) is 2.21. The van der Waals surface area contributed by atoms with Crippen LogP contribution in [0.3, 0.4) is 0 Å². The van der Waals surface area contributed by atoms with Gasteiger partial charge in [-0.2, -0.15) is 0 Å². The summed E-state index contributed by atoms with van der Waals surface area (Å²) in [6.07, 6.45) is -0.155. The number of esters is 1. The summed E-state index contributed by atoms with van der Waals surface area (Å²) in [5, 5.41) is 1.20. The molecule has 0 spiro atoms. The van der Waals surface area contributed by atoms with Gasteiger partial charge in [0.1, 0.15) is 12.4 Å². The SMILES string of the molecule is O=C(OCc1ccccc1Cl)[C@@H]1Cc2cc(Cl)ccc2O1. The average Bonchev–Trinajstić information content (AvgIpc) is 2.89. The summed E-state index contributed by atoms with van der Waals surface area (Å²) in [5.74, 6) is 0.279. The van der Waals surface area contributed by atoms with Crippen molar-refractivity contribution in [3.05, 3.63) is 63.6 Å². The van der Waals surface area contributed by atoms with Gasteiger partial charge in [-0.1, -0.05) is 41.4 Å². The van der Waals surface area contributed by atoms with Crippen molar-refractivity contribution in [1.82, 2.24) is 0 Å². The highest BCUT2D eigenvalue weighted by Gasteiger charge is 2.30. The van der Waals surface area contributed by atoms with Gasteiger partial charge < -0.3 is 9.47 Å². The Morgan fingerprint density at radius 2 is 2.05 bits per heavy atom. The van der Waals surface area contributed by atoms with Crippen molar-refractivity contribution in [3.8, 4) is 5.75 Å². The summed E-state index contributed by atoms with van der Waals surface area (Å²) >= 11 is 11.9. The fraction of sp³-hybridized carbons (Fsp3) is 0.188. The molecule has 1 atom stereocenters. The van der Waals surface area contributed by atoms with Crippen molar-refractivity contribution in [2.45, 2.75) is 19.1 Å². The van der Waals surface area contributed by atoms with Crippen molar-refractivity contribution in [2.75, 3.05) is 0 Å². The molecule has 108 valence electrons. The highest BCUT2D eigenvalue weighted by Crippen LogP contribution is 2.31. The first-order valence-electron chi connectivity index (χ1n) is 6.48. The number of benzene rings is 2. The number of carbonyl (C=O) groups is 1. The third-order valence-corrected chi connectivity index (χ3v) is 3.89. The Morgan fingerprint density at radius 1 is 1.24 bits per heavy atom. The van der Waals surface area contributed by atoms with Crippen LogP contribution < -0.4 is 4.74 Å². The second-order valence-corrected chi connectivity index (χ2v) is 5.61. The van der Waals surface area contributed by atoms with E-state index in [0.29, 0.717) is 22.2 Å². The van der Waals surface area contributed by atoms with E-state index in [9.17, 15) is 4.79 Å². The lowest BCUT2D eigenvalue weighted by Gasteiger charge is -2.11. The third-order valence-electron chi connectivity index (χ3n) is 3.29. The van der Waals surface area contributed by atoms with E-state index in [-0.39, 0.29) is 6.61 Å². The zero-order valence-electron chi connectivity index (χ0n) is 11.0. The lowest BCUT2D eigenvalue weighted by molar-refractivity contribution is -0.152. The predicted molar refractivity (Wildman–Crippen MR) is 80.8 cm³/mol. The molecule has 0 fully saturated rings. The zero-order valence-corrected chi connectivity index (χ0v) is 12.5. The minimum absolute atomic E-state index is 0.134. The maximum Gasteiger partial charge on any atom is 0.348 e. The maximum atomic E-state index is 12.1. The van der Waals surface area contributed by atoms with Gasteiger partial charge in [-0.05, 0) is 29.8 Å². The Morgan fingerprint density at radius 3 is 2.86 bits per heavy atom. The van der Waals surface area contributed by atoms with Crippen molar-refractivity contribution < 1.29 is 14.3 Å². The quantitative estimate of drug-likeness (QED) is 0.800. The molecule has 2 aromatic carbocycles. The molecule has 0 unspecified atom stereocenters. The standard InChI is InChI=1S/C16H12Cl2O3/c17-12-5-6-14-11(7-12)8-15(21-14)16(19)20-9-10-3-1-2-4-13(10)18/h1-7,15H,8-9H2/t15-/m0/s1. The van der Waals surface area contributed by atoms with Crippen LogP contribution in [-0.2, 0) is 22.6 Å². The smallest absolute Gasteiger partial charge is 0.348 e. The number of halogens is 2. The van der Waals surface area contributed by atoms with E-state index in [2.05, 4.69) is 0 Å². The van der Waals surface area contributed by atoms with Crippen LogP contribution in [0.2, 0.25) is 10.0 Å². The number of hydrogen-bond donors (Lipinski definition) is 0. The minimum Gasteiger partial charge on any atom is -0.478 e. The topological polar surface area (TPSA) is 35.5 Å². The fourth-order valence-corrected chi connectivity index (χ4v) is 2.59. The van der Waals surface area contributed by atoms with Crippen LogP contribution >= 0.6 is 23.2 Å². The van der Waals surface area contributed by atoms with Gasteiger partial charge in [0.15, 0.2) is 6.10 Å². The first-order chi connectivity index (χ1) is 10.1. The van der Waals surface area contributed by atoms with Crippen LogP contribution in [0.15, 0.2) is 42.5 Å². The molecule has 1 heterocycles. The Bertz CT molecular complexity index is 685. The van der Waals surface area contributed by atoms with Gasteiger partial charge in [0.25, 0.3) is 0 Å². The number of carbonyl (C=O) groups excluding carboxylic acids is 1. The molecule has 2 aromatic rings. The largest absolute Gasteiger partial charge is 0.478 e. The molecular formula is C16H12Cl2O3. The van der Waals surface area contributed by atoms with E-state index in [1.807, 2.05) is 18.2 Å². The first-order valence-corrected chi connectivity index (χ1v) is 7.24. The predicted octanol–water partition coefficient (Wildman–Crippen LogP) is 4.04. The van der Waals surface area contributed by atoms with Gasteiger partial charge in [0.05, 0.1) is 0 Å². The van der Waals surface area contributed by atoms with Gasteiger partial charge in [-0.25, -0.2) is 4.79 Å². The molecule has 0 N–H and O–H groups in total. The Labute approximate surface area is 132 Å². The summed E-state index contributed by atoms with van der Waals surface area (Å²) < 4.78 is 10.8. The van der Waals surface area contributed by atoms with E-state index in [1.54, 1.807) is 24.3 Å². The normalized spacial score (nSPS) is 16.2. The van der Waals surface area contributed by atoms with Crippen LogP contribution in [-0.4, -0.2) is 12.1 Å². The van der Waals surface area contributed by atoms with E-state index < -0.39 is 12.1 Å². The summed E-state index contributed by atoms with van der Waals surface area (Å²) in [7, 11) is 0. The highest BCUT2D eigenvalue weighted by atomic mass is 35.5. The van der Waals surface area contributed by atoms with Crippen LogP contribution in [0.1, 0.15) is 11.1 Å². The molecule has 5 heteroatoms. The second-order valence-electron chi connectivity index (χ2n) is 4.76. The van der Waals surface area contributed by atoms with Crippen LogP contribution in [0.5, 0.6) is 5.75 Å². The van der Waals surface area contributed by atoms with Gasteiger partial charge in [-0.3, -0.25) is 0 Å².